The van der Waals surface area contributed by atoms with Gasteiger partial charge < -0.3 is 9.47 Å². The summed E-state index contributed by atoms with van der Waals surface area (Å²) in [7, 11) is 2.08. The Balaban J connectivity index is 0.00000117. The van der Waals surface area contributed by atoms with Crippen LogP contribution < -0.4 is 4.90 Å². The van der Waals surface area contributed by atoms with Gasteiger partial charge in [-0.3, -0.25) is 0 Å². The molecule has 0 atom stereocenters. The molecule has 0 aliphatic carbocycles. The Morgan fingerprint density at radius 2 is 1.79 bits per heavy atom. The van der Waals surface area contributed by atoms with Crippen molar-refractivity contribution >= 4 is 5.82 Å². The van der Waals surface area contributed by atoms with Gasteiger partial charge in [-0.15, -0.1) is 0 Å². The molecule has 1 aliphatic heterocycles. The van der Waals surface area contributed by atoms with E-state index in [1.165, 1.54) is 22.8 Å². The van der Waals surface area contributed by atoms with Gasteiger partial charge in [0.05, 0.1) is 23.4 Å². The number of imidazole rings is 1. The maximum atomic E-state index is 4.79. The summed E-state index contributed by atoms with van der Waals surface area (Å²) in [6.45, 7) is 12.5. The molecule has 5 heteroatoms. The van der Waals surface area contributed by atoms with Crippen LogP contribution in [-0.4, -0.2) is 32.4 Å². The number of rotatable bonds is 4. The lowest BCUT2D eigenvalue weighted by Gasteiger charge is -2.33. The van der Waals surface area contributed by atoms with Gasteiger partial charge in [0.1, 0.15) is 5.82 Å². The van der Waals surface area contributed by atoms with Crippen molar-refractivity contribution in [3.63, 3.8) is 0 Å². The molecule has 4 rings (SSSR count). The molecule has 1 fully saturated rings. The lowest BCUT2D eigenvalue weighted by molar-refractivity contribution is 0.490. The van der Waals surface area contributed by atoms with Gasteiger partial charge >= 0.3 is 0 Å². The minimum atomic E-state index is 0.559. The fourth-order valence-corrected chi connectivity index (χ4v) is 4.10. The zero-order valence-corrected chi connectivity index (χ0v) is 18.8. The van der Waals surface area contributed by atoms with Gasteiger partial charge in [0.25, 0.3) is 0 Å². The molecule has 0 spiro atoms. The van der Waals surface area contributed by atoms with E-state index < -0.39 is 0 Å². The van der Waals surface area contributed by atoms with Crippen molar-refractivity contribution in [1.29, 1.82) is 0 Å². The zero-order valence-electron chi connectivity index (χ0n) is 18.8. The molecule has 29 heavy (non-hydrogen) atoms. The molecular formula is C24H35N5. The van der Waals surface area contributed by atoms with Gasteiger partial charge in [0.2, 0.25) is 0 Å². The second-order valence-electron chi connectivity index (χ2n) is 7.67. The lowest BCUT2D eigenvalue weighted by Crippen LogP contribution is -2.34. The summed E-state index contributed by atoms with van der Waals surface area (Å²) in [6.07, 6.45) is 5.25. The number of aryl methyl sites for hydroxylation is 3. The van der Waals surface area contributed by atoms with E-state index in [1.54, 1.807) is 0 Å². The van der Waals surface area contributed by atoms with Crippen LogP contribution in [0.1, 0.15) is 62.2 Å². The maximum Gasteiger partial charge on any atom is 0.132 e. The fourth-order valence-electron chi connectivity index (χ4n) is 4.10. The maximum absolute atomic E-state index is 4.79. The van der Waals surface area contributed by atoms with Crippen LogP contribution in [0.4, 0.5) is 5.82 Å². The monoisotopic (exact) mass is 393 g/mol. The van der Waals surface area contributed by atoms with Crippen LogP contribution in [0.2, 0.25) is 0 Å². The van der Waals surface area contributed by atoms with Crippen LogP contribution in [0, 0.1) is 13.8 Å². The molecule has 3 heterocycles. The summed E-state index contributed by atoms with van der Waals surface area (Å²) in [5.41, 5.74) is 6.13. The van der Waals surface area contributed by atoms with Crippen LogP contribution in [0.5, 0.6) is 0 Å². The highest BCUT2D eigenvalue weighted by molar-refractivity contribution is 5.50. The van der Waals surface area contributed by atoms with Crippen molar-refractivity contribution in [2.24, 2.45) is 7.05 Å². The standard InChI is InChI=1S/C22H29N5.C2H6/c1-5-18-7-6-8-20(14-18)27-21(13-16(2)24-27)26-11-9-19(10-12-26)22-17(3)25(4)15-23-22;1-2/h6-8,13-15,19H,5,9-12H2,1-4H3;1-2H3. The minimum Gasteiger partial charge on any atom is -0.356 e. The number of aromatic nitrogens is 4. The Bertz CT molecular complexity index is 929. The third-order valence-electron chi connectivity index (χ3n) is 5.85. The number of piperidine rings is 1. The molecule has 1 aromatic carbocycles. The van der Waals surface area contributed by atoms with E-state index in [9.17, 15) is 0 Å². The Kier molecular flexibility index (Phi) is 6.78. The van der Waals surface area contributed by atoms with E-state index >= 15 is 0 Å². The van der Waals surface area contributed by atoms with Crippen molar-refractivity contribution in [2.45, 2.75) is 59.8 Å². The molecule has 1 saturated heterocycles. The summed E-state index contributed by atoms with van der Waals surface area (Å²) in [4.78, 5) is 7.13. The van der Waals surface area contributed by atoms with E-state index in [2.05, 4.69) is 77.3 Å². The van der Waals surface area contributed by atoms with Gasteiger partial charge in [-0.25, -0.2) is 9.67 Å². The molecule has 3 aromatic rings. The highest BCUT2D eigenvalue weighted by atomic mass is 15.4. The van der Waals surface area contributed by atoms with Crippen molar-refractivity contribution in [1.82, 2.24) is 19.3 Å². The molecule has 5 nitrogen and oxygen atoms in total. The van der Waals surface area contributed by atoms with E-state index in [4.69, 9.17) is 5.10 Å². The van der Waals surface area contributed by atoms with Gasteiger partial charge in [-0.05, 0) is 50.8 Å². The fraction of sp³-hybridized carbons (Fsp3) is 0.500. The zero-order chi connectivity index (χ0) is 21.0. The Morgan fingerprint density at radius 3 is 2.41 bits per heavy atom. The third-order valence-corrected chi connectivity index (χ3v) is 5.85. The van der Waals surface area contributed by atoms with E-state index in [1.807, 2.05) is 20.2 Å². The molecule has 0 N–H and O–H groups in total. The van der Waals surface area contributed by atoms with Gasteiger partial charge in [-0.2, -0.15) is 5.10 Å². The van der Waals surface area contributed by atoms with Crippen molar-refractivity contribution in [3.05, 3.63) is 59.3 Å². The van der Waals surface area contributed by atoms with Crippen LogP contribution in [-0.2, 0) is 13.5 Å². The largest absolute Gasteiger partial charge is 0.356 e. The molecular weight excluding hydrogens is 358 g/mol. The van der Waals surface area contributed by atoms with Crippen LogP contribution in [0.3, 0.4) is 0 Å². The quantitative estimate of drug-likeness (QED) is 0.612. The number of anilines is 1. The van der Waals surface area contributed by atoms with Crippen molar-refractivity contribution in [3.8, 4) is 5.69 Å². The molecule has 0 saturated carbocycles. The molecule has 2 aromatic heterocycles. The number of nitrogens with zero attached hydrogens (tertiary/aromatic N) is 5. The summed E-state index contributed by atoms with van der Waals surface area (Å²) in [6, 6.07) is 10.9. The minimum absolute atomic E-state index is 0.559. The molecule has 0 bridgehead atoms. The second-order valence-corrected chi connectivity index (χ2v) is 7.67. The molecule has 1 aliphatic rings. The third kappa shape index (κ3) is 4.39. The van der Waals surface area contributed by atoms with E-state index in [0.29, 0.717) is 5.92 Å². The van der Waals surface area contributed by atoms with Gasteiger partial charge in [-0.1, -0.05) is 32.9 Å². The number of hydrogen-bond acceptors (Lipinski definition) is 3. The number of benzene rings is 1. The average molecular weight is 394 g/mol. The Labute approximate surface area is 175 Å². The Hall–Kier alpha value is -2.56. The van der Waals surface area contributed by atoms with Crippen molar-refractivity contribution < 1.29 is 0 Å². The highest BCUT2D eigenvalue weighted by Crippen LogP contribution is 2.32. The second kappa shape index (κ2) is 9.29. The smallest absolute Gasteiger partial charge is 0.132 e. The first-order chi connectivity index (χ1) is 14.1. The lowest BCUT2D eigenvalue weighted by atomic mass is 9.92. The normalized spacial score (nSPS) is 14.6. The summed E-state index contributed by atoms with van der Waals surface area (Å²) in [5, 5.41) is 4.79. The molecule has 0 unspecified atom stereocenters. The van der Waals surface area contributed by atoms with Crippen molar-refractivity contribution in [2.75, 3.05) is 18.0 Å². The summed E-state index contributed by atoms with van der Waals surface area (Å²) in [5.74, 6) is 1.76. The highest BCUT2D eigenvalue weighted by Gasteiger charge is 2.26. The van der Waals surface area contributed by atoms with Gasteiger partial charge in [0.15, 0.2) is 0 Å². The molecule has 0 radical (unpaired) electrons. The van der Waals surface area contributed by atoms with Crippen LogP contribution in [0.25, 0.3) is 5.69 Å². The van der Waals surface area contributed by atoms with E-state index in [0.717, 1.165) is 43.7 Å². The predicted octanol–water partition coefficient (Wildman–Crippen LogP) is 5.20. The average Bonchev–Trinajstić information content (AvgIpc) is 3.32. The molecule has 156 valence electrons. The van der Waals surface area contributed by atoms with Crippen LogP contribution in [0.15, 0.2) is 36.7 Å². The predicted molar refractivity (Wildman–Crippen MR) is 121 cm³/mol. The summed E-state index contributed by atoms with van der Waals surface area (Å²) < 4.78 is 4.24. The Morgan fingerprint density at radius 1 is 1.07 bits per heavy atom. The van der Waals surface area contributed by atoms with Gasteiger partial charge in [0, 0.05) is 37.8 Å². The molecule has 0 amide bonds. The number of hydrogen-bond donors (Lipinski definition) is 0. The first kappa shape index (κ1) is 21.2. The SMILES string of the molecule is CC.CCc1cccc(-n2nc(C)cc2N2CCC(c3ncn(C)c3C)CC2)c1. The first-order valence-electron chi connectivity index (χ1n) is 11.0. The first-order valence-corrected chi connectivity index (χ1v) is 11.0. The van der Waals surface area contributed by atoms with Crippen LogP contribution >= 0.6 is 0 Å². The summed E-state index contributed by atoms with van der Waals surface area (Å²) >= 11 is 0. The van der Waals surface area contributed by atoms with E-state index in [-0.39, 0.29) is 0 Å². The topological polar surface area (TPSA) is 38.9 Å².